The first kappa shape index (κ1) is 14.7. The monoisotopic (exact) mass is 284 g/mol. The molecule has 0 saturated heterocycles. The molecule has 2 N–H and O–H groups in total. The highest BCUT2D eigenvalue weighted by molar-refractivity contribution is 5.91. The number of amides is 1. The van der Waals surface area contributed by atoms with Gasteiger partial charge >= 0.3 is 5.97 Å². The summed E-state index contributed by atoms with van der Waals surface area (Å²) >= 11 is 0. The predicted octanol–water partition coefficient (Wildman–Crippen LogP) is 1.95. The molecule has 0 atom stereocenters. The van der Waals surface area contributed by atoms with Gasteiger partial charge in [-0.05, 0) is 30.2 Å². The lowest BCUT2D eigenvalue weighted by molar-refractivity contribution is -0.120. The van der Waals surface area contributed by atoms with E-state index >= 15 is 0 Å². The molecule has 0 saturated carbocycles. The van der Waals surface area contributed by atoms with Gasteiger partial charge in [0, 0.05) is 18.4 Å². The number of hydrogen-bond donors (Lipinski definition) is 2. The maximum absolute atomic E-state index is 11.9. The summed E-state index contributed by atoms with van der Waals surface area (Å²) in [6.45, 7) is 2.27. The topological polar surface area (TPSA) is 79.3 Å². The zero-order chi connectivity index (χ0) is 15.2. The number of carboxylic acid groups (broad SMARTS) is 1. The fraction of sp³-hybridized carbons (Fsp3) is 0.188. The number of hydrogen-bond acceptors (Lipinski definition) is 3. The maximum atomic E-state index is 11.9. The number of aromatic nitrogens is 1. The Morgan fingerprint density at radius 2 is 1.95 bits per heavy atom. The number of aromatic carboxylic acids is 1. The molecule has 1 amide bonds. The summed E-state index contributed by atoms with van der Waals surface area (Å²) < 4.78 is 0. The Morgan fingerprint density at radius 1 is 1.19 bits per heavy atom. The summed E-state index contributed by atoms with van der Waals surface area (Å²) in [5, 5.41) is 11.8. The first-order chi connectivity index (χ1) is 10.1. The van der Waals surface area contributed by atoms with Gasteiger partial charge in [0.15, 0.2) is 0 Å². The smallest absolute Gasteiger partial charge is 0.335 e. The molecule has 2 rings (SSSR count). The highest BCUT2D eigenvalue weighted by atomic mass is 16.4. The van der Waals surface area contributed by atoms with Gasteiger partial charge < -0.3 is 10.4 Å². The van der Waals surface area contributed by atoms with E-state index in [2.05, 4.69) is 10.3 Å². The number of benzene rings is 1. The fourth-order valence-electron chi connectivity index (χ4n) is 1.92. The molecule has 0 bridgehead atoms. The molecule has 0 spiro atoms. The second-order valence-electron chi connectivity index (χ2n) is 4.72. The summed E-state index contributed by atoms with van der Waals surface area (Å²) in [6, 6.07) is 10.3. The molecule has 108 valence electrons. The van der Waals surface area contributed by atoms with Crippen LogP contribution in [0.15, 0.2) is 42.6 Å². The number of carboxylic acids is 1. The minimum atomic E-state index is -1.03. The molecule has 1 aromatic heterocycles. The van der Waals surface area contributed by atoms with Gasteiger partial charge in [0.25, 0.3) is 0 Å². The normalized spacial score (nSPS) is 10.1. The second kappa shape index (κ2) is 6.65. The average molecular weight is 284 g/mol. The van der Waals surface area contributed by atoms with Crippen LogP contribution in [0.5, 0.6) is 0 Å². The molecule has 0 radical (unpaired) electrons. The van der Waals surface area contributed by atoms with Gasteiger partial charge in [-0.3, -0.25) is 9.78 Å². The van der Waals surface area contributed by atoms with E-state index in [1.54, 1.807) is 24.4 Å². The molecular weight excluding hydrogens is 268 g/mol. The van der Waals surface area contributed by atoms with Crippen molar-refractivity contribution in [3.63, 3.8) is 0 Å². The molecule has 0 aliphatic rings. The first-order valence-electron chi connectivity index (χ1n) is 6.55. The highest BCUT2D eigenvalue weighted by Gasteiger charge is 2.12. The van der Waals surface area contributed by atoms with E-state index in [1.807, 2.05) is 19.1 Å². The molecule has 1 aromatic carbocycles. The van der Waals surface area contributed by atoms with Gasteiger partial charge in [-0.25, -0.2) is 4.79 Å². The molecule has 5 heteroatoms. The highest BCUT2D eigenvalue weighted by Crippen LogP contribution is 2.09. The third-order valence-electron chi connectivity index (χ3n) is 3.06. The maximum Gasteiger partial charge on any atom is 0.335 e. The van der Waals surface area contributed by atoms with Crippen molar-refractivity contribution < 1.29 is 14.7 Å². The van der Waals surface area contributed by atoms with Gasteiger partial charge in [-0.1, -0.05) is 24.3 Å². The van der Waals surface area contributed by atoms with Crippen LogP contribution in [0.25, 0.3) is 0 Å². The second-order valence-corrected chi connectivity index (χ2v) is 4.72. The molecule has 0 unspecified atom stereocenters. The number of carbonyl (C=O) groups excluding carboxylic acids is 1. The van der Waals surface area contributed by atoms with Gasteiger partial charge in [-0.2, -0.15) is 0 Å². The minimum absolute atomic E-state index is 0.0434. The lowest BCUT2D eigenvalue weighted by Gasteiger charge is -2.07. The Labute approximate surface area is 122 Å². The van der Waals surface area contributed by atoms with Gasteiger partial charge in [0.1, 0.15) is 0 Å². The molecule has 0 aliphatic heterocycles. The molecule has 2 aromatic rings. The third-order valence-corrected chi connectivity index (χ3v) is 3.06. The summed E-state index contributed by atoms with van der Waals surface area (Å²) in [5.74, 6) is -1.24. The van der Waals surface area contributed by atoms with Gasteiger partial charge in [-0.15, -0.1) is 0 Å². The quantitative estimate of drug-likeness (QED) is 0.879. The summed E-state index contributed by atoms with van der Waals surface area (Å²) in [7, 11) is 0. The molecule has 1 heterocycles. The number of nitrogens with zero attached hydrogens (tertiary/aromatic N) is 1. The van der Waals surface area contributed by atoms with E-state index in [9.17, 15) is 9.59 Å². The van der Waals surface area contributed by atoms with Crippen LogP contribution in [-0.2, 0) is 17.8 Å². The van der Waals surface area contributed by atoms with Crippen LogP contribution in [0, 0.1) is 6.92 Å². The van der Waals surface area contributed by atoms with Crippen molar-refractivity contribution in [2.45, 2.75) is 19.9 Å². The summed E-state index contributed by atoms with van der Waals surface area (Å²) in [6.07, 6.45) is 1.75. The zero-order valence-electron chi connectivity index (χ0n) is 11.7. The average Bonchev–Trinajstić information content (AvgIpc) is 2.47. The Morgan fingerprint density at radius 3 is 2.62 bits per heavy atom. The number of nitrogens with one attached hydrogen (secondary N) is 1. The zero-order valence-corrected chi connectivity index (χ0v) is 11.7. The number of aryl methyl sites for hydroxylation is 1. The van der Waals surface area contributed by atoms with Crippen LogP contribution < -0.4 is 5.32 Å². The van der Waals surface area contributed by atoms with Crippen LogP contribution in [0.1, 0.15) is 27.2 Å². The van der Waals surface area contributed by atoms with Crippen molar-refractivity contribution in [3.8, 4) is 0 Å². The van der Waals surface area contributed by atoms with Gasteiger partial charge in [0.05, 0.1) is 12.0 Å². The van der Waals surface area contributed by atoms with E-state index in [1.165, 1.54) is 6.07 Å². The molecule has 0 fully saturated rings. The van der Waals surface area contributed by atoms with Crippen molar-refractivity contribution >= 4 is 11.9 Å². The SMILES string of the molecule is Cc1ccc(CNC(=O)Cc2ccccc2C(=O)O)cn1. The van der Waals surface area contributed by atoms with Crippen LogP contribution in [0.3, 0.4) is 0 Å². The molecule has 0 aliphatic carbocycles. The van der Waals surface area contributed by atoms with Crippen molar-refractivity contribution in [2.24, 2.45) is 0 Å². The van der Waals surface area contributed by atoms with Crippen LogP contribution in [-0.4, -0.2) is 22.0 Å². The fourth-order valence-corrected chi connectivity index (χ4v) is 1.92. The number of rotatable bonds is 5. The van der Waals surface area contributed by atoms with Crippen LogP contribution in [0.2, 0.25) is 0 Å². The molecular formula is C16H16N2O3. The number of carbonyl (C=O) groups is 2. The Bertz CT molecular complexity index is 651. The predicted molar refractivity (Wildman–Crippen MR) is 77.9 cm³/mol. The minimum Gasteiger partial charge on any atom is -0.478 e. The largest absolute Gasteiger partial charge is 0.478 e. The Balaban J connectivity index is 1.96. The molecule has 5 nitrogen and oxygen atoms in total. The van der Waals surface area contributed by atoms with E-state index in [4.69, 9.17) is 5.11 Å². The number of pyridine rings is 1. The van der Waals surface area contributed by atoms with Crippen LogP contribution in [0.4, 0.5) is 0 Å². The van der Waals surface area contributed by atoms with Crippen molar-refractivity contribution in [3.05, 3.63) is 65.0 Å². The standard InChI is InChI=1S/C16H16N2O3/c1-11-6-7-12(9-17-11)10-18-15(19)8-13-4-2-3-5-14(13)16(20)21/h2-7,9H,8,10H2,1H3,(H,18,19)(H,20,21). The molecule has 21 heavy (non-hydrogen) atoms. The Hall–Kier alpha value is -2.69. The Kier molecular flexibility index (Phi) is 4.66. The van der Waals surface area contributed by atoms with Crippen molar-refractivity contribution in [1.29, 1.82) is 0 Å². The lowest BCUT2D eigenvalue weighted by atomic mass is 10.0. The van der Waals surface area contributed by atoms with E-state index in [0.717, 1.165) is 11.3 Å². The summed E-state index contributed by atoms with van der Waals surface area (Å²) in [5.41, 5.74) is 2.48. The lowest BCUT2D eigenvalue weighted by Crippen LogP contribution is -2.25. The first-order valence-corrected chi connectivity index (χ1v) is 6.55. The van der Waals surface area contributed by atoms with Crippen molar-refractivity contribution in [1.82, 2.24) is 10.3 Å². The van der Waals surface area contributed by atoms with Gasteiger partial charge in [0.2, 0.25) is 5.91 Å². The van der Waals surface area contributed by atoms with E-state index in [-0.39, 0.29) is 17.9 Å². The van der Waals surface area contributed by atoms with E-state index in [0.29, 0.717) is 12.1 Å². The third kappa shape index (κ3) is 4.14. The summed E-state index contributed by atoms with van der Waals surface area (Å²) in [4.78, 5) is 27.1. The van der Waals surface area contributed by atoms with Crippen molar-refractivity contribution in [2.75, 3.05) is 0 Å². The van der Waals surface area contributed by atoms with Crippen LogP contribution >= 0.6 is 0 Å². The van der Waals surface area contributed by atoms with E-state index < -0.39 is 5.97 Å².